The highest BCUT2D eigenvalue weighted by molar-refractivity contribution is 7.10. The first-order valence-corrected chi connectivity index (χ1v) is 7.47. The molecule has 1 aliphatic rings. The number of hydrogen-bond acceptors (Lipinski definition) is 4. The Morgan fingerprint density at radius 2 is 2.11 bits per heavy atom. The highest BCUT2D eigenvalue weighted by Crippen LogP contribution is 2.40. The summed E-state index contributed by atoms with van der Waals surface area (Å²) < 4.78 is 0. The molecule has 1 aromatic rings. The average molecular weight is 266 g/mol. The van der Waals surface area contributed by atoms with E-state index < -0.39 is 0 Å². The monoisotopic (exact) mass is 266 g/mol. The first-order valence-electron chi connectivity index (χ1n) is 6.59. The normalized spacial score (nSPS) is 26.8. The number of nitrogens with zero attached hydrogens (tertiary/aromatic N) is 2. The third-order valence-electron chi connectivity index (χ3n) is 3.93. The maximum atomic E-state index is 8.59. The Balaban J connectivity index is 2.01. The Morgan fingerprint density at radius 1 is 1.39 bits per heavy atom. The van der Waals surface area contributed by atoms with E-state index in [0.717, 1.165) is 18.8 Å². The van der Waals surface area contributed by atoms with Gasteiger partial charge in [0.1, 0.15) is 0 Å². The lowest BCUT2D eigenvalue weighted by Gasteiger charge is -2.36. The first kappa shape index (κ1) is 13.6. The Morgan fingerprint density at radius 3 is 2.61 bits per heavy atom. The molecule has 4 heteroatoms. The summed E-state index contributed by atoms with van der Waals surface area (Å²) >= 11 is 1.86. The van der Waals surface area contributed by atoms with Crippen molar-refractivity contribution in [2.45, 2.75) is 31.7 Å². The number of thiophene rings is 1. The van der Waals surface area contributed by atoms with Crippen LogP contribution in [-0.2, 0) is 0 Å². The second kappa shape index (κ2) is 6.34. The van der Waals surface area contributed by atoms with Crippen molar-refractivity contribution < 1.29 is 5.21 Å². The molecule has 0 amide bonds. The van der Waals surface area contributed by atoms with E-state index in [1.54, 1.807) is 6.21 Å². The Labute approximate surface area is 113 Å². The minimum atomic E-state index is 0.470. The van der Waals surface area contributed by atoms with Crippen molar-refractivity contribution >= 4 is 17.6 Å². The molecular weight excluding hydrogens is 244 g/mol. The van der Waals surface area contributed by atoms with Crippen molar-refractivity contribution in [1.29, 1.82) is 0 Å². The van der Waals surface area contributed by atoms with Gasteiger partial charge in [-0.1, -0.05) is 6.07 Å². The predicted molar refractivity (Wildman–Crippen MR) is 76.5 cm³/mol. The van der Waals surface area contributed by atoms with Crippen molar-refractivity contribution in [2.24, 2.45) is 17.0 Å². The summed E-state index contributed by atoms with van der Waals surface area (Å²) in [6.45, 7) is 0. The standard InChI is InChI=1S/C14H22N2OS/c1-16(2)14(13-4-3-9-18-13)12-7-5-11(6-8-12)10-15-17/h3-4,9-12,14,17H,5-8H2,1-2H3/b15-10-. The van der Waals surface area contributed by atoms with Crippen molar-refractivity contribution in [2.75, 3.05) is 14.1 Å². The van der Waals surface area contributed by atoms with Gasteiger partial charge in [0.2, 0.25) is 0 Å². The van der Waals surface area contributed by atoms with Gasteiger partial charge in [0, 0.05) is 17.1 Å². The molecule has 1 fully saturated rings. The third-order valence-corrected chi connectivity index (χ3v) is 4.87. The quantitative estimate of drug-likeness (QED) is 0.513. The molecule has 0 aromatic carbocycles. The van der Waals surface area contributed by atoms with Crippen LogP contribution in [0.15, 0.2) is 22.7 Å². The number of oxime groups is 1. The Hall–Kier alpha value is -0.870. The fourth-order valence-electron chi connectivity index (χ4n) is 3.07. The zero-order chi connectivity index (χ0) is 13.0. The van der Waals surface area contributed by atoms with Crippen LogP contribution in [0.5, 0.6) is 0 Å². The minimum absolute atomic E-state index is 0.470. The van der Waals surface area contributed by atoms with Crippen LogP contribution in [-0.4, -0.2) is 30.4 Å². The molecule has 1 aromatic heterocycles. The summed E-state index contributed by atoms with van der Waals surface area (Å²) in [6.07, 6.45) is 6.43. The van der Waals surface area contributed by atoms with E-state index in [1.807, 2.05) is 11.3 Å². The first-order chi connectivity index (χ1) is 8.72. The summed E-state index contributed by atoms with van der Waals surface area (Å²) in [6, 6.07) is 4.92. The van der Waals surface area contributed by atoms with Crippen LogP contribution in [0.3, 0.4) is 0 Å². The summed E-state index contributed by atoms with van der Waals surface area (Å²) in [7, 11) is 4.34. The fourth-order valence-corrected chi connectivity index (χ4v) is 4.09. The van der Waals surface area contributed by atoms with Crippen LogP contribution in [0.25, 0.3) is 0 Å². The van der Waals surface area contributed by atoms with Gasteiger partial charge in [-0.15, -0.1) is 16.5 Å². The smallest absolute Gasteiger partial charge is 0.0466 e. The molecule has 1 N–H and O–H groups in total. The zero-order valence-electron chi connectivity index (χ0n) is 11.1. The molecule has 0 saturated heterocycles. The summed E-state index contributed by atoms with van der Waals surface area (Å²) in [4.78, 5) is 3.82. The largest absolute Gasteiger partial charge is 0.411 e. The Bertz CT molecular complexity index is 367. The molecule has 1 aliphatic carbocycles. The maximum absolute atomic E-state index is 8.59. The summed E-state index contributed by atoms with van der Waals surface area (Å²) in [5.74, 6) is 1.19. The Kier molecular flexibility index (Phi) is 4.78. The van der Waals surface area contributed by atoms with Gasteiger partial charge in [-0.05, 0) is 63.1 Å². The molecule has 0 aliphatic heterocycles. The van der Waals surface area contributed by atoms with E-state index in [1.165, 1.54) is 17.7 Å². The molecule has 1 saturated carbocycles. The van der Waals surface area contributed by atoms with Crippen molar-refractivity contribution in [1.82, 2.24) is 4.90 Å². The van der Waals surface area contributed by atoms with Gasteiger partial charge in [0.05, 0.1) is 0 Å². The molecule has 1 unspecified atom stereocenters. The zero-order valence-corrected chi connectivity index (χ0v) is 11.9. The molecule has 2 rings (SSSR count). The fraction of sp³-hybridized carbons (Fsp3) is 0.643. The van der Waals surface area contributed by atoms with Crippen LogP contribution in [0.2, 0.25) is 0 Å². The highest BCUT2D eigenvalue weighted by atomic mass is 32.1. The van der Waals surface area contributed by atoms with Gasteiger partial charge in [0.25, 0.3) is 0 Å². The van der Waals surface area contributed by atoms with Gasteiger partial charge in [-0.25, -0.2) is 0 Å². The topological polar surface area (TPSA) is 35.8 Å². The van der Waals surface area contributed by atoms with E-state index in [-0.39, 0.29) is 0 Å². The van der Waals surface area contributed by atoms with Gasteiger partial charge < -0.3 is 10.1 Å². The predicted octanol–water partition coefficient (Wildman–Crippen LogP) is 3.62. The average Bonchev–Trinajstić information content (AvgIpc) is 2.85. The van der Waals surface area contributed by atoms with Gasteiger partial charge in [-0.3, -0.25) is 0 Å². The van der Waals surface area contributed by atoms with Crippen LogP contribution in [0, 0.1) is 11.8 Å². The van der Waals surface area contributed by atoms with Crippen LogP contribution >= 0.6 is 11.3 Å². The minimum Gasteiger partial charge on any atom is -0.411 e. The molecule has 18 heavy (non-hydrogen) atoms. The molecule has 3 nitrogen and oxygen atoms in total. The van der Waals surface area contributed by atoms with Crippen molar-refractivity contribution in [3.8, 4) is 0 Å². The lowest BCUT2D eigenvalue weighted by molar-refractivity contribution is 0.165. The van der Waals surface area contributed by atoms with Gasteiger partial charge in [-0.2, -0.15) is 0 Å². The van der Waals surface area contributed by atoms with Crippen molar-refractivity contribution in [3.05, 3.63) is 22.4 Å². The third kappa shape index (κ3) is 3.12. The van der Waals surface area contributed by atoms with Gasteiger partial charge >= 0.3 is 0 Å². The SMILES string of the molecule is CN(C)C(c1cccs1)C1CCC(/C=N\O)CC1. The van der Waals surface area contributed by atoms with Crippen molar-refractivity contribution in [3.63, 3.8) is 0 Å². The molecule has 0 bridgehead atoms. The van der Waals surface area contributed by atoms with Gasteiger partial charge in [0.15, 0.2) is 0 Å². The summed E-state index contributed by atoms with van der Waals surface area (Å²) in [5.41, 5.74) is 0. The molecule has 0 spiro atoms. The van der Waals surface area contributed by atoms with E-state index in [2.05, 4.69) is 41.7 Å². The molecule has 100 valence electrons. The number of rotatable bonds is 4. The lowest BCUT2D eigenvalue weighted by atomic mass is 9.78. The molecule has 0 radical (unpaired) electrons. The van der Waals surface area contributed by atoms with Crippen LogP contribution in [0.4, 0.5) is 0 Å². The highest BCUT2D eigenvalue weighted by Gasteiger charge is 2.29. The molecular formula is C14H22N2OS. The number of hydrogen-bond donors (Lipinski definition) is 1. The summed E-state index contributed by atoms with van der Waals surface area (Å²) in [5, 5.41) is 13.9. The van der Waals surface area contributed by atoms with E-state index in [0.29, 0.717) is 12.0 Å². The second-order valence-electron chi connectivity index (χ2n) is 5.36. The molecule has 1 heterocycles. The molecule has 1 atom stereocenters. The van der Waals surface area contributed by atoms with E-state index in [9.17, 15) is 0 Å². The van der Waals surface area contributed by atoms with E-state index in [4.69, 9.17) is 5.21 Å². The maximum Gasteiger partial charge on any atom is 0.0466 e. The lowest BCUT2D eigenvalue weighted by Crippen LogP contribution is -2.30. The second-order valence-corrected chi connectivity index (χ2v) is 6.34. The van der Waals surface area contributed by atoms with Crippen LogP contribution < -0.4 is 0 Å². The van der Waals surface area contributed by atoms with Crippen LogP contribution in [0.1, 0.15) is 36.6 Å². The van der Waals surface area contributed by atoms with E-state index >= 15 is 0 Å².